The Morgan fingerprint density at radius 1 is 1.16 bits per heavy atom. The van der Waals surface area contributed by atoms with Crippen LogP contribution < -0.4 is 15.6 Å². The van der Waals surface area contributed by atoms with Crippen molar-refractivity contribution in [2.75, 3.05) is 11.9 Å². The summed E-state index contributed by atoms with van der Waals surface area (Å²) >= 11 is 13.2. The van der Waals surface area contributed by atoms with Gasteiger partial charge in [0, 0.05) is 27.2 Å². The molecule has 190 valence electrons. The maximum Gasteiger partial charge on any atom is 0.282 e. The van der Waals surface area contributed by atoms with Gasteiger partial charge in [0.05, 0.1) is 21.6 Å². The van der Waals surface area contributed by atoms with Crippen LogP contribution in [0.5, 0.6) is 5.75 Å². The van der Waals surface area contributed by atoms with E-state index in [0.717, 1.165) is 17.3 Å². The Hall–Kier alpha value is -3.01. The molecular formula is C27H23Br2ClN4O3. The lowest BCUT2D eigenvalue weighted by atomic mass is 10.2. The number of carbonyl (C=O) groups excluding carboxylic acids is 1. The molecule has 0 aliphatic heterocycles. The molecule has 0 saturated heterocycles. The maximum absolute atomic E-state index is 13.4. The molecule has 0 unspecified atom stereocenters. The zero-order chi connectivity index (χ0) is 26.4. The van der Waals surface area contributed by atoms with E-state index in [1.807, 2.05) is 30.3 Å². The molecule has 0 spiro atoms. The van der Waals surface area contributed by atoms with E-state index in [0.29, 0.717) is 49.6 Å². The molecule has 37 heavy (non-hydrogen) atoms. The predicted octanol–water partition coefficient (Wildman–Crippen LogP) is 6.82. The van der Waals surface area contributed by atoms with Gasteiger partial charge < -0.3 is 10.1 Å². The van der Waals surface area contributed by atoms with E-state index in [-0.39, 0.29) is 18.1 Å². The number of amides is 1. The first-order chi connectivity index (χ1) is 17.9. The standard InChI is InChI=1S/C27H23Br2ClN4O3/c1-2-3-9-24-33-23-11-10-18(28)13-21(23)27(36)34(24)31-15-17-12-19(30)14-22(29)26(17)37-16-25(35)32-20-7-5-4-6-8-20/h4-8,10-15H,2-3,9,16H2,1H3,(H,32,35). The number of aromatic nitrogens is 2. The number of carbonyl (C=O) groups is 1. The number of hydrogen-bond acceptors (Lipinski definition) is 5. The fourth-order valence-corrected chi connectivity index (χ4v) is 4.92. The van der Waals surface area contributed by atoms with Crippen LogP contribution in [-0.4, -0.2) is 28.4 Å². The lowest BCUT2D eigenvalue weighted by Crippen LogP contribution is -2.23. The normalized spacial score (nSPS) is 11.2. The number of benzene rings is 3. The maximum atomic E-state index is 13.4. The lowest BCUT2D eigenvalue weighted by Gasteiger charge is -2.13. The third-order valence-electron chi connectivity index (χ3n) is 5.38. The largest absolute Gasteiger partial charge is 0.482 e. The molecule has 0 aliphatic rings. The highest BCUT2D eigenvalue weighted by Crippen LogP contribution is 2.32. The molecule has 0 saturated carbocycles. The first-order valence-corrected chi connectivity index (χ1v) is 13.5. The van der Waals surface area contributed by atoms with Gasteiger partial charge in [-0.1, -0.05) is 59.1 Å². The van der Waals surface area contributed by atoms with E-state index in [2.05, 4.69) is 49.2 Å². The van der Waals surface area contributed by atoms with Crippen molar-refractivity contribution in [2.45, 2.75) is 26.2 Å². The molecule has 1 aromatic heterocycles. The third-order valence-corrected chi connectivity index (χ3v) is 6.68. The number of para-hydroxylation sites is 1. The van der Waals surface area contributed by atoms with Crippen molar-refractivity contribution in [3.05, 3.63) is 96.4 Å². The van der Waals surface area contributed by atoms with Gasteiger partial charge in [-0.25, -0.2) is 4.98 Å². The molecule has 0 fully saturated rings. The smallest absolute Gasteiger partial charge is 0.282 e. The number of anilines is 1. The highest BCUT2D eigenvalue weighted by Gasteiger charge is 2.14. The lowest BCUT2D eigenvalue weighted by molar-refractivity contribution is -0.118. The Labute approximate surface area is 235 Å². The minimum absolute atomic E-state index is 0.233. The predicted molar refractivity (Wildman–Crippen MR) is 155 cm³/mol. The zero-order valence-corrected chi connectivity index (χ0v) is 23.8. The number of fused-ring (bicyclic) bond motifs is 1. The van der Waals surface area contributed by atoms with Crippen molar-refractivity contribution in [3.8, 4) is 5.75 Å². The van der Waals surface area contributed by atoms with Crippen LogP contribution in [0.2, 0.25) is 5.02 Å². The molecule has 10 heteroatoms. The highest BCUT2D eigenvalue weighted by atomic mass is 79.9. The fourth-order valence-electron chi connectivity index (χ4n) is 3.62. The molecule has 0 aliphatic carbocycles. The zero-order valence-electron chi connectivity index (χ0n) is 19.9. The second kappa shape index (κ2) is 12.5. The van der Waals surface area contributed by atoms with Crippen molar-refractivity contribution in [1.82, 2.24) is 9.66 Å². The number of rotatable bonds is 9. The summed E-state index contributed by atoms with van der Waals surface area (Å²) in [5.74, 6) is 0.609. The molecule has 0 bridgehead atoms. The first-order valence-electron chi connectivity index (χ1n) is 11.6. The van der Waals surface area contributed by atoms with E-state index < -0.39 is 0 Å². The monoisotopic (exact) mass is 644 g/mol. The van der Waals surface area contributed by atoms with Crippen LogP contribution in [0.3, 0.4) is 0 Å². The number of nitrogens with one attached hydrogen (secondary N) is 1. The van der Waals surface area contributed by atoms with E-state index in [1.165, 1.54) is 10.9 Å². The molecule has 0 atom stereocenters. The number of ether oxygens (including phenoxy) is 1. The van der Waals surface area contributed by atoms with Gasteiger partial charge >= 0.3 is 0 Å². The number of nitrogens with zero attached hydrogens (tertiary/aromatic N) is 3. The summed E-state index contributed by atoms with van der Waals surface area (Å²) in [6.07, 6.45) is 3.89. The Kier molecular flexibility index (Phi) is 9.13. The molecule has 7 nitrogen and oxygen atoms in total. The van der Waals surface area contributed by atoms with Gasteiger partial charge in [0.25, 0.3) is 11.5 Å². The van der Waals surface area contributed by atoms with Crippen LogP contribution in [0.25, 0.3) is 10.9 Å². The van der Waals surface area contributed by atoms with Crippen LogP contribution in [0.1, 0.15) is 31.2 Å². The van der Waals surface area contributed by atoms with Crippen molar-refractivity contribution < 1.29 is 9.53 Å². The molecular weight excluding hydrogens is 624 g/mol. The van der Waals surface area contributed by atoms with Crippen LogP contribution in [-0.2, 0) is 11.2 Å². The minimum Gasteiger partial charge on any atom is -0.482 e. The van der Waals surface area contributed by atoms with Crippen molar-refractivity contribution in [1.29, 1.82) is 0 Å². The molecule has 1 N–H and O–H groups in total. The summed E-state index contributed by atoms with van der Waals surface area (Å²) in [5.41, 5.74) is 1.50. The molecule has 4 rings (SSSR count). The van der Waals surface area contributed by atoms with Gasteiger partial charge in [0.2, 0.25) is 0 Å². The van der Waals surface area contributed by atoms with Crippen LogP contribution in [0.15, 0.2) is 79.5 Å². The Morgan fingerprint density at radius 3 is 2.70 bits per heavy atom. The van der Waals surface area contributed by atoms with E-state index in [9.17, 15) is 9.59 Å². The molecule has 3 aromatic carbocycles. The van der Waals surface area contributed by atoms with E-state index >= 15 is 0 Å². The molecule has 4 aromatic rings. The average Bonchev–Trinajstić information content (AvgIpc) is 2.87. The van der Waals surface area contributed by atoms with E-state index in [4.69, 9.17) is 21.3 Å². The molecule has 1 heterocycles. The average molecular weight is 647 g/mol. The summed E-state index contributed by atoms with van der Waals surface area (Å²) < 4.78 is 8.48. The quantitative estimate of drug-likeness (QED) is 0.202. The Bertz CT molecular complexity index is 1520. The fraction of sp³-hybridized carbons (Fsp3) is 0.185. The minimum atomic E-state index is -0.321. The van der Waals surface area contributed by atoms with Crippen molar-refractivity contribution >= 4 is 72.2 Å². The van der Waals surface area contributed by atoms with Crippen molar-refractivity contribution in [3.63, 3.8) is 0 Å². The van der Waals surface area contributed by atoms with Gasteiger partial charge in [0.1, 0.15) is 11.6 Å². The first kappa shape index (κ1) is 27.0. The summed E-state index contributed by atoms with van der Waals surface area (Å²) in [6.45, 7) is 1.84. The Morgan fingerprint density at radius 2 is 1.95 bits per heavy atom. The highest BCUT2D eigenvalue weighted by molar-refractivity contribution is 9.10. The number of halogens is 3. The Balaban J connectivity index is 1.66. The van der Waals surface area contributed by atoms with Gasteiger partial charge in [-0.2, -0.15) is 9.78 Å². The number of unbranched alkanes of at least 4 members (excludes halogenated alkanes) is 1. The van der Waals surface area contributed by atoms with Gasteiger partial charge in [-0.15, -0.1) is 0 Å². The number of hydrogen-bond donors (Lipinski definition) is 1. The number of aryl methyl sites for hydroxylation is 1. The van der Waals surface area contributed by atoms with Crippen LogP contribution in [0, 0.1) is 0 Å². The summed E-state index contributed by atoms with van der Waals surface area (Å²) in [5, 5.41) is 8.16. The summed E-state index contributed by atoms with van der Waals surface area (Å²) in [7, 11) is 0. The SMILES string of the molecule is CCCCc1nc2ccc(Br)cc2c(=O)n1N=Cc1cc(Cl)cc(Br)c1OCC(=O)Nc1ccccc1. The molecule has 1 amide bonds. The summed E-state index contributed by atoms with van der Waals surface area (Å²) in [4.78, 5) is 30.5. The van der Waals surface area contributed by atoms with Crippen LogP contribution in [0.4, 0.5) is 5.69 Å². The third kappa shape index (κ3) is 6.85. The van der Waals surface area contributed by atoms with Gasteiger partial charge in [-0.05, 0) is 64.8 Å². The van der Waals surface area contributed by atoms with Gasteiger partial charge in [0.15, 0.2) is 6.61 Å². The second-order valence-electron chi connectivity index (χ2n) is 8.16. The van der Waals surface area contributed by atoms with Crippen molar-refractivity contribution in [2.24, 2.45) is 5.10 Å². The molecule has 0 radical (unpaired) electrons. The van der Waals surface area contributed by atoms with E-state index in [1.54, 1.807) is 30.3 Å². The second-order valence-corrected chi connectivity index (χ2v) is 10.4. The topological polar surface area (TPSA) is 85.6 Å². The van der Waals surface area contributed by atoms with Gasteiger partial charge in [-0.3, -0.25) is 9.59 Å². The summed E-state index contributed by atoms with van der Waals surface area (Å²) in [6, 6.07) is 17.8. The van der Waals surface area contributed by atoms with Crippen LogP contribution >= 0.6 is 43.5 Å².